The second kappa shape index (κ2) is 6.74. The van der Waals surface area contributed by atoms with Crippen LogP contribution < -0.4 is 5.32 Å². The lowest BCUT2D eigenvalue weighted by molar-refractivity contribution is -0.123. The second-order valence-corrected chi connectivity index (χ2v) is 6.23. The first-order valence-corrected chi connectivity index (χ1v) is 7.49. The lowest BCUT2D eigenvalue weighted by Crippen LogP contribution is -2.29. The number of esters is 1. The molecule has 2 rings (SSSR count). The molecule has 0 saturated heterocycles. The van der Waals surface area contributed by atoms with E-state index in [-0.39, 0.29) is 5.91 Å². The van der Waals surface area contributed by atoms with Gasteiger partial charge in [0.05, 0.1) is 4.34 Å². The van der Waals surface area contributed by atoms with Gasteiger partial charge in [-0.25, -0.2) is 4.79 Å². The lowest BCUT2D eigenvalue weighted by atomic mass is 10.2. The van der Waals surface area contributed by atoms with Gasteiger partial charge in [0.2, 0.25) is 0 Å². The summed E-state index contributed by atoms with van der Waals surface area (Å²) in [6.45, 7) is 3.46. The highest BCUT2D eigenvalue weighted by molar-refractivity contribution is 7.17. The Balaban J connectivity index is 1.95. The molecule has 0 saturated carbocycles. The third-order valence-corrected chi connectivity index (χ3v) is 3.92. The lowest BCUT2D eigenvalue weighted by Gasteiger charge is -2.13. The summed E-state index contributed by atoms with van der Waals surface area (Å²) >= 11 is 6.87. The molecule has 1 heterocycles. The maximum Gasteiger partial charge on any atom is 0.349 e. The van der Waals surface area contributed by atoms with Crippen molar-refractivity contribution in [3.63, 3.8) is 0 Å². The van der Waals surface area contributed by atoms with Crippen LogP contribution in [0, 0.1) is 6.92 Å². The molecule has 0 aliphatic carbocycles. The molecule has 0 fully saturated rings. The SMILES string of the molecule is Cc1cccc(NC(=O)[C@H](C)OC(=O)c2ccc(Cl)s2)c1. The van der Waals surface area contributed by atoms with Crippen molar-refractivity contribution in [2.24, 2.45) is 0 Å². The summed E-state index contributed by atoms with van der Waals surface area (Å²) < 4.78 is 5.61. The molecule has 1 aromatic carbocycles. The molecular formula is C15H14ClNO3S. The number of aryl methyl sites for hydroxylation is 1. The number of rotatable bonds is 4. The van der Waals surface area contributed by atoms with Crippen molar-refractivity contribution in [1.82, 2.24) is 0 Å². The Bertz CT molecular complexity index is 668. The minimum absolute atomic E-state index is 0.371. The van der Waals surface area contributed by atoms with Gasteiger partial charge in [-0.2, -0.15) is 0 Å². The maximum absolute atomic E-state index is 12.0. The molecule has 21 heavy (non-hydrogen) atoms. The average molecular weight is 324 g/mol. The van der Waals surface area contributed by atoms with Crippen molar-refractivity contribution in [2.75, 3.05) is 5.32 Å². The number of thiophene rings is 1. The fourth-order valence-corrected chi connectivity index (χ4v) is 2.59. The molecule has 0 aliphatic rings. The van der Waals surface area contributed by atoms with Crippen molar-refractivity contribution in [2.45, 2.75) is 20.0 Å². The van der Waals surface area contributed by atoms with Gasteiger partial charge < -0.3 is 10.1 Å². The van der Waals surface area contributed by atoms with Gasteiger partial charge in [-0.15, -0.1) is 11.3 Å². The van der Waals surface area contributed by atoms with E-state index in [9.17, 15) is 9.59 Å². The molecule has 0 aliphatic heterocycles. The molecule has 110 valence electrons. The molecule has 2 aromatic rings. The first-order chi connectivity index (χ1) is 9.95. The summed E-state index contributed by atoms with van der Waals surface area (Å²) in [5, 5.41) is 2.71. The number of hydrogen-bond donors (Lipinski definition) is 1. The van der Waals surface area contributed by atoms with E-state index in [1.807, 2.05) is 25.1 Å². The van der Waals surface area contributed by atoms with Crippen LogP contribution in [0.15, 0.2) is 36.4 Å². The number of carbonyl (C=O) groups excluding carboxylic acids is 2. The number of carbonyl (C=O) groups is 2. The molecule has 1 atom stereocenters. The molecule has 1 aromatic heterocycles. The predicted molar refractivity (Wildman–Crippen MR) is 84.0 cm³/mol. The maximum atomic E-state index is 12.0. The Morgan fingerprint density at radius 1 is 1.29 bits per heavy atom. The van der Waals surface area contributed by atoms with E-state index in [0.29, 0.717) is 14.9 Å². The van der Waals surface area contributed by atoms with Crippen LogP contribution in [0.5, 0.6) is 0 Å². The third kappa shape index (κ3) is 4.31. The van der Waals surface area contributed by atoms with E-state index in [0.717, 1.165) is 16.9 Å². The van der Waals surface area contributed by atoms with Gasteiger partial charge >= 0.3 is 5.97 Å². The first kappa shape index (κ1) is 15.5. The van der Waals surface area contributed by atoms with Crippen LogP contribution in [0.2, 0.25) is 4.34 Å². The summed E-state index contributed by atoms with van der Waals surface area (Å²) in [7, 11) is 0. The molecule has 0 bridgehead atoms. The van der Waals surface area contributed by atoms with Crippen LogP contribution in [0.4, 0.5) is 5.69 Å². The zero-order valence-corrected chi connectivity index (χ0v) is 13.1. The number of benzene rings is 1. The second-order valence-electron chi connectivity index (χ2n) is 4.51. The van der Waals surface area contributed by atoms with E-state index in [2.05, 4.69) is 5.32 Å². The molecule has 4 nitrogen and oxygen atoms in total. The fraction of sp³-hybridized carbons (Fsp3) is 0.200. The first-order valence-electron chi connectivity index (χ1n) is 6.29. The van der Waals surface area contributed by atoms with Gasteiger partial charge in [0.15, 0.2) is 6.10 Å². The molecule has 1 N–H and O–H groups in total. The van der Waals surface area contributed by atoms with Crippen LogP contribution in [0.25, 0.3) is 0 Å². The molecule has 0 unspecified atom stereocenters. The van der Waals surface area contributed by atoms with Gasteiger partial charge in [0, 0.05) is 5.69 Å². The minimum atomic E-state index is -0.890. The number of amides is 1. The van der Waals surface area contributed by atoms with E-state index < -0.39 is 12.1 Å². The Morgan fingerprint density at radius 2 is 2.05 bits per heavy atom. The van der Waals surface area contributed by atoms with E-state index in [4.69, 9.17) is 16.3 Å². The summed E-state index contributed by atoms with van der Waals surface area (Å²) in [5.41, 5.74) is 1.70. The van der Waals surface area contributed by atoms with Crippen molar-refractivity contribution in [3.8, 4) is 0 Å². The summed E-state index contributed by atoms with van der Waals surface area (Å²) in [5.74, 6) is -0.935. The van der Waals surface area contributed by atoms with Crippen molar-refractivity contribution in [1.29, 1.82) is 0 Å². The number of hydrogen-bond acceptors (Lipinski definition) is 4. The summed E-state index contributed by atoms with van der Waals surface area (Å²) in [4.78, 5) is 24.2. The molecule has 0 spiro atoms. The van der Waals surface area contributed by atoms with Crippen LogP contribution in [0.1, 0.15) is 22.2 Å². The van der Waals surface area contributed by atoms with Crippen LogP contribution in [-0.2, 0) is 9.53 Å². The van der Waals surface area contributed by atoms with Crippen LogP contribution >= 0.6 is 22.9 Å². The number of halogens is 1. The van der Waals surface area contributed by atoms with Gasteiger partial charge in [-0.05, 0) is 43.7 Å². The monoisotopic (exact) mass is 323 g/mol. The molecular weight excluding hydrogens is 310 g/mol. The molecule has 6 heteroatoms. The fourth-order valence-electron chi connectivity index (χ4n) is 1.66. The number of anilines is 1. The molecule has 0 radical (unpaired) electrons. The van der Waals surface area contributed by atoms with Gasteiger partial charge in [-0.1, -0.05) is 23.7 Å². The summed E-state index contributed by atoms with van der Waals surface area (Å²) in [6.07, 6.45) is -0.890. The predicted octanol–water partition coefficient (Wildman–Crippen LogP) is 3.89. The van der Waals surface area contributed by atoms with Crippen molar-refractivity contribution in [3.05, 3.63) is 51.2 Å². The van der Waals surface area contributed by atoms with Crippen LogP contribution in [-0.4, -0.2) is 18.0 Å². The Labute approximate surface area is 131 Å². The minimum Gasteiger partial charge on any atom is -0.448 e. The standard InChI is InChI=1S/C15H14ClNO3S/c1-9-4-3-5-11(8-9)17-14(18)10(2)20-15(19)12-6-7-13(16)21-12/h3-8,10H,1-2H3,(H,17,18)/t10-/m0/s1. The third-order valence-electron chi connectivity index (χ3n) is 2.71. The highest BCUT2D eigenvalue weighted by atomic mass is 35.5. The van der Waals surface area contributed by atoms with E-state index in [1.54, 1.807) is 18.2 Å². The van der Waals surface area contributed by atoms with Crippen molar-refractivity contribution < 1.29 is 14.3 Å². The van der Waals surface area contributed by atoms with E-state index >= 15 is 0 Å². The highest BCUT2D eigenvalue weighted by Crippen LogP contribution is 2.22. The summed E-state index contributed by atoms with van der Waals surface area (Å²) in [6, 6.07) is 10.6. The van der Waals surface area contributed by atoms with Gasteiger partial charge in [-0.3, -0.25) is 4.79 Å². The topological polar surface area (TPSA) is 55.4 Å². The van der Waals surface area contributed by atoms with Crippen LogP contribution in [0.3, 0.4) is 0 Å². The number of nitrogens with one attached hydrogen (secondary N) is 1. The van der Waals surface area contributed by atoms with E-state index in [1.165, 1.54) is 6.92 Å². The highest BCUT2D eigenvalue weighted by Gasteiger charge is 2.20. The molecule has 1 amide bonds. The Morgan fingerprint density at radius 3 is 2.67 bits per heavy atom. The normalized spacial score (nSPS) is 11.8. The Hall–Kier alpha value is -1.85. The largest absolute Gasteiger partial charge is 0.448 e. The quantitative estimate of drug-likeness (QED) is 0.868. The number of ether oxygens (including phenoxy) is 1. The van der Waals surface area contributed by atoms with Crippen molar-refractivity contribution >= 4 is 40.5 Å². The zero-order chi connectivity index (χ0) is 15.4. The zero-order valence-electron chi connectivity index (χ0n) is 11.6. The van der Waals surface area contributed by atoms with Gasteiger partial charge in [0.25, 0.3) is 5.91 Å². The van der Waals surface area contributed by atoms with Gasteiger partial charge in [0.1, 0.15) is 4.88 Å². The smallest absolute Gasteiger partial charge is 0.349 e. The Kier molecular flexibility index (Phi) is 4.98. The average Bonchev–Trinajstić information content (AvgIpc) is 2.85.